The molecule has 0 aliphatic carbocycles. The Morgan fingerprint density at radius 2 is 0.639 bits per heavy atom. The van der Waals surface area contributed by atoms with Crippen LogP contribution in [0.1, 0.15) is 213 Å². The largest absolute Gasteiger partial charge is 0.462 e. The first-order chi connectivity index (χ1) is 30.0. The van der Waals surface area contributed by atoms with E-state index < -0.39 is 6.10 Å². The summed E-state index contributed by atoms with van der Waals surface area (Å²) in [4.78, 5) is 37.9. The quantitative estimate of drug-likeness (QED) is 0.0263. The van der Waals surface area contributed by atoms with E-state index in [1.165, 1.54) is 38.5 Å². The summed E-state index contributed by atoms with van der Waals surface area (Å²) >= 11 is 0. The van der Waals surface area contributed by atoms with Gasteiger partial charge >= 0.3 is 17.9 Å². The Labute approximate surface area is 375 Å². The second-order valence-electron chi connectivity index (χ2n) is 16.0. The van der Waals surface area contributed by atoms with Crippen LogP contribution in [0.4, 0.5) is 0 Å². The molecule has 346 valence electrons. The van der Waals surface area contributed by atoms with E-state index in [-0.39, 0.29) is 37.5 Å². The van der Waals surface area contributed by atoms with Gasteiger partial charge in [-0.2, -0.15) is 0 Å². The van der Waals surface area contributed by atoms with Crippen molar-refractivity contribution < 1.29 is 28.6 Å². The molecular formula is C55H90O6. The van der Waals surface area contributed by atoms with Crippen molar-refractivity contribution in [1.29, 1.82) is 0 Å². The summed E-state index contributed by atoms with van der Waals surface area (Å²) in [5, 5.41) is 0. The molecular weight excluding hydrogens is 757 g/mol. The highest BCUT2D eigenvalue weighted by Gasteiger charge is 2.19. The summed E-state index contributed by atoms with van der Waals surface area (Å²) in [5.41, 5.74) is 0. The summed E-state index contributed by atoms with van der Waals surface area (Å²) in [6.45, 7) is 6.32. The molecule has 61 heavy (non-hydrogen) atoms. The van der Waals surface area contributed by atoms with Gasteiger partial charge in [0.1, 0.15) is 13.2 Å². The normalized spacial score (nSPS) is 12.9. The van der Waals surface area contributed by atoms with Crippen LogP contribution in [0, 0.1) is 0 Å². The van der Waals surface area contributed by atoms with E-state index in [1.54, 1.807) is 0 Å². The van der Waals surface area contributed by atoms with Crippen LogP contribution in [0.15, 0.2) is 97.2 Å². The molecule has 0 fully saturated rings. The number of esters is 3. The molecule has 0 aromatic rings. The van der Waals surface area contributed by atoms with E-state index in [1.807, 2.05) is 0 Å². The molecule has 0 saturated carbocycles. The van der Waals surface area contributed by atoms with Crippen LogP contribution in [0.3, 0.4) is 0 Å². The van der Waals surface area contributed by atoms with Gasteiger partial charge in [0.05, 0.1) is 0 Å². The summed E-state index contributed by atoms with van der Waals surface area (Å²) in [7, 11) is 0. The SMILES string of the molecule is CC/C=C\C/C=C\C/C=C\C/C=C\CCCCCCC(=O)OCC(COC(=O)CCCCCCC/C=C\CCCCCC)OC(=O)CCCCC/C=C\C/C=C\C/C=C\CC. The van der Waals surface area contributed by atoms with Gasteiger partial charge in [-0.3, -0.25) is 14.4 Å². The molecule has 0 radical (unpaired) electrons. The van der Waals surface area contributed by atoms with Gasteiger partial charge in [0.2, 0.25) is 0 Å². The number of ether oxygens (including phenoxy) is 3. The van der Waals surface area contributed by atoms with E-state index in [0.717, 1.165) is 135 Å². The maximum Gasteiger partial charge on any atom is 0.306 e. The molecule has 0 amide bonds. The molecule has 6 heteroatoms. The van der Waals surface area contributed by atoms with Gasteiger partial charge in [-0.25, -0.2) is 0 Å². The third-order valence-corrected chi connectivity index (χ3v) is 10.1. The predicted molar refractivity (Wildman–Crippen MR) is 260 cm³/mol. The fourth-order valence-corrected chi connectivity index (χ4v) is 6.38. The van der Waals surface area contributed by atoms with E-state index >= 15 is 0 Å². The molecule has 0 aliphatic rings. The van der Waals surface area contributed by atoms with Crippen LogP contribution in [0.5, 0.6) is 0 Å². The van der Waals surface area contributed by atoms with Crippen molar-refractivity contribution in [2.45, 2.75) is 219 Å². The Balaban J connectivity index is 4.49. The Morgan fingerprint density at radius 3 is 1.03 bits per heavy atom. The lowest BCUT2D eigenvalue weighted by Gasteiger charge is -2.18. The highest BCUT2D eigenvalue weighted by molar-refractivity contribution is 5.71. The molecule has 1 unspecified atom stereocenters. The Morgan fingerprint density at radius 1 is 0.344 bits per heavy atom. The Hall–Kier alpha value is -3.67. The number of allylic oxidation sites excluding steroid dienone is 16. The average molecular weight is 847 g/mol. The zero-order chi connectivity index (χ0) is 44.4. The fourth-order valence-electron chi connectivity index (χ4n) is 6.38. The van der Waals surface area contributed by atoms with Gasteiger partial charge in [0, 0.05) is 19.3 Å². The summed E-state index contributed by atoms with van der Waals surface area (Å²) in [5.74, 6) is -0.972. The molecule has 0 saturated heterocycles. The first-order valence-electron chi connectivity index (χ1n) is 24.7. The maximum absolute atomic E-state index is 12.8. The summed E-state index contributed by atoms with van der Waals surface area (Å²) in [6.07, 6.45) is 63.9. The van der Waals surface area contributed by atoms with Crippen molar-refractivity contribution in [1.82, 2.24) is 0 Å². The van der Waals surface area contributed by atoms with Crippen molar-refractivity contribution in [2.24, 2.45) is 0 Å². The maximum atomic E-state index is 12.8. The van der Waals surface area contributed by atoms with Gasteiger partial charge in [0.15, 0.2) is 6.10 Å². The predicted octanol–water partition coefficient (Wildman–Crippen LogP) is 16.2. The highest BCUT2D eigenvalue weighted by atomic mass is 16.6. The number of unbranched alkanes of at least 4 members (excludes halogenated alkanes) is 16. The summed E-state index contributed by atoms with van der Waals surface area (Å²) < 4.78 is 16.7. The molecule has 0 N–H and O–H groups in total. The second-order valence-corrected chi connectivity index (χ2v) is 16.0. The average Bonchev–Trinajstić information content (AvgIpc) is 3.26. The molecule has 0 spiro atoms. The minimum absolute atomic E-state index is 0.103. The van der Waals surface area contributed by atoms with Crippen molar-refractivity contribution >= 4 is 17.9 Å². The molecule has 0 heterocycles. The van der Waals surface area contributed by atoms with Crippen LogP contribution in [-0.4, -0.2) is 37.2 Å². The van der Waals surface area contributed by atoms with Gasteiger partial charge in [0.25, 0.3) is 0 Å². The first-order valence-corrected chi connectivity index (χ1v) is 24.7. The monoisotopic (exact) mass is 847 g/mol. The van der Waals surface area contributed by atoms with Crippen LogP contribution < -0.4 is 0 Å². The van der Waals surface area contributed by atoms with Crippen LogP contribution in [-0.2, 0) is 28.6 Å². The van der Waals surface area contributed by atoms with Gasteiger partial charge in [-0.05, 0) is 116 Å². The van der Waals surface area contributed by atoms with Crippen LogP contribution in [0.25, 0.3) is 0 Å². The lowest BCUT2D eigenvalue weighted by atomic mass is 10.1. The minimum Gasteiger partial charge on any atom is -0.462 e. The smallest absolute Gasteiger partial charge is 0.306 e. The van der Waals surface area contributed by atoms with E-state index in [0.29, 0.717) is 12.8 Å². The van der Waals surface area contributed by atoms with Gasteiger partial charge in [-0.1, -0.05) is 176 Å². The molecule has 0 aromatic carbocycles. The number of hydrogen-bond donors (Lipinski definition) is 0. The standard InChI is InChI=1S/C55H90O6/c1-4-7-10-13-16-19-22-25-26-27-28-31-33-36-39-42-45-48-54(57)60-51-52(61-55(58)49-46-43-40-37-34-30-24-21-18-15-12-9-6-3)50-59-53(56)47-44-41-38-35-32-29-23-20-17-14-11-8-5-2/h7,9-10,12,16,18-21,23,25-26,28,30-31,34,52H,4-6,8,11,13-15,17,22,24,27,29,32-33,35-51H2,1-3H3/b10-7-,12-9-,19-16-,21-18-,23-20-,26-25-,31-28-,34-30-. The van der Waals surface area contributed by atoms with Crippen molar-refractivity contribution in [3.05, 3.63) is 97.2 Å². The van der Waals surface area contributed by atoms with E-state index in [2.05, 4.69) is 118 Å². The van der Waals surface area contributed by atoms with Crippen molar-refractivity contribution in [2.75, 3.05) is 13.2 Å². The lowest BCUT2D eigenvalue weighted by molar-refractivity contribution is -0.167. The topological polar surface area (TPSA) is 78.9 Å². The second kappa shape index (κ2) is 49.0. The third kappa shape index (κ3) is 47.2. The van der Waals surface area contributed by atoms with Gasteiger partial charge < -0.3 is 14.2 Å². The Kier molecular flexibility index (Phi) is 46.0. The molecule has 0 aromatic heterocycles. The third-order valence-electron chi connectivity index (χ3n) is 10.1. The highest BCUT2D eigenvalue weighted by Crippen LogP contribution is 2.12. The van der Waals surface area contributed by atoms with Crippen LogP contribution in [0.2, 0.25) is 0 Å². The van der Waals surface area contributed by atoms with Crippen molar-refractivity contribution in [3.63, 3.8) is 0 Å². The van der Waals surface area contributed by atoms with E-state index in [9.17, 15) is 14.4 Å². The number of carbonyl (C=O) groups is 3. The number of carbonyl (C=O) groups excluding carboxylic acids is 3. The first kappa shape index (κ1) is 57.3. The zero-order valence-corrected chi connectivity index (χ0v) is 39.4. The molecule has 0 aliphatic heterocycles. The van der Waals surface area contributed by atoms with Gasteiger partial charge in [-0.15, -0.1) is 0 Å². The molecule has 1 atom stereocenters. The minimum atomic E-state index is -0.806. The zero-order valence-electron chi connectivity index (χ0n) is 39.4. The fraction of sp³-hybridized carbons (Fsp3) is 0.655. The summed E-state index contributed by atoms with van der Waals surface area (Å²) in [6, 6.07) is 0. The number of hydrogen-bond acceptors (Lipinski definition) is 6. The lowest BCUT2D eigenvalue weighted by Crippen LogP contribution is -2.30. The van der Waals surface area contributed by atoms with Crippen LogP contribution >= 0.6 is 0 Å². The molecule has 0 bridgehead atoms. The molecule has 0 rings (SSSR count). The van der Waals surface area contributed by atoms with E-state index in [4.69, 9.17) is 14.2 Å². The number of rotatable bonds is 43. The van der Waals surface area contributed by atoms with Crippen molar-refractivity contribution in [3.8, 4) is 0 Å². The Bertz CT molecular complexity index is 1250. The molecule has 6 nitrogen and oxygen atoms in total.